The normalized spacial score (nSPS) is 50.8. The molecule has 5 N–H and O–H groups in total. The maximum absolute atomic E-state index is 12.0. The molecule has 0 aromatic heterocycles. The lowest BCUT2D eigenvalue weighted by atomic mass is 9.46. The van der Waals surface area contributed by atoms with Gasteiger partial charge in [0, 0.05) is 0 Å². The average molecular weight is 549 g/mol. The molecule has 0 spiro atoms. The van der Waals surface area contributed by atoms with Gasteiger partial charge in [0.25, 0.3) is 0 Å². The molecular weight excluding hydrogens is 496 g/mol. The molecule has 14 atom stereocenters. The molecule has 0 bridgehead atoms. The Labute approximate surface area is 234 Å². The van der Waals surface area contributed by atoms with E-state index in [2.05, 4.69) is 52.8 Å². The molecule has 3 saturated carbocycles. The number of aliphatic hydroxyl groups excluding tert-OH is 5. The fraction of sp³-hybridized carbons (Fsp3) is 0.875. The van der Waals surface area contributed by atoms with E-state index in [1.54, 1.807) is 0 Å². The standard InChI is InChI=1S/C32H52O7/c1-17(2)7-6-8-18(3)24-27(36)29(39-30-28(37)26(35)23(34)16-38-30)25-21-10-9-19-15-20(33)11-13-31(19,4)22(21)12-14-32(24,25)5/h6,8-9,17-18,20-30,33-37H,7,10-16H2,1-5H3/b8-6+/t18-,20+,21-,22+,23-,24+,25-,26+,27-,28-,29+,30+,31+,32-/m1/s1. The minimum absolute atomic E-state index is 0.0144. The summed E-state index contributed by atoms with van der Waals surface area (Å²) in [5.74, 6) is 1.51. The fourth-order valence-corrected chi connectivity index (χ4v) is 9.55. The number of hydrogen-bond donors (Lipinski definition) is 5. The number of ether oxygens (including phenoxy) is 2. The van der Waals surface area contributed by atoms with E-state index in [0.29, 0.717) is 17.8 Å². The van der Waals surface area contributed by atoms with Crippen molar-refractivity contribution in [3.05, 3.63) is 23.8 Å². The predicted octanol–water partition coefficient (Wildman–Crippen LogP) is 3.57. The van der Waals surface area contributed by atoms with Crippen molar-refractivity contribution in [1.29, 1.82) is 0 Å². The van der Waals surface area contributed by atoms with Crippen LogP contribution in [0.5, 0.6) is 0 Å². The molecule has 0 aromatic rings. The van der Waals surface area contributed by atoms with Crippen LogP contribution in [-0.2, 0) is 9.47 Å². The molecule has 39 heavy (non-hydrogen) atoms. The summed E-state index contributed by atoms with van der Waals surface area (Å²) in [7, 11) is 0. The van der Waals surface area contributed by atoms with E-state index in [9.17, 15) is 25.5 Å². The minimum Gasteiger partial charge on any atom is -0.393 e. The highest BCUT2D eigenvalue weighted by molar-refractivity contribution is 5.27. The van der Waals surface area contributed by atoms with Gasteiger partial charge in [-0.15, -0.1) is 0 Å². The summed E-state index contributed by atoms with van der Waals surface area (Å²) in [5.41, 5.74) is 1.27. The third-order valence-electron chi connectivity index (χ3n) is 11.6. The van der Waals surface area contributed by atoms with Crippen molar-refractivity contribution in [3.8, 4) is 0 Å². The van der Waals surface area contributed by atoms with Gasteiger partial charge in [-0.25, -0.2) is 0 Å². The van der Waals surface area contributed by atoms with Gasteiger partial charge in [0.2, 0.25) is 0 Å². The Morgan fingerprint density at radius 2 is 1.77 bits per heavy atom. The molecule has 0 unspecified atom stereocenters. The van der Waals surface area contributed by atoms with Crippen LogP contribution in [0.3, 0.4) is 0 Å². The number of fused-ring (bicyclic) bond motifs is 5. The van der Waals surface area contributed by atoms with Crippen LogP contribution >= 0.6 is 0 Å². The molecule has 4 aliphatic carbocycles. The van der Waals surface area contributed by atoms with Gasteiger partial charge >= 0.3 is 0 Å². The minimum atomic E-state index is -1.38. The van der Waals surface area contributed by atoms with E-state index in [-0.39, 0.29) is 41.3 Å². The smallest absolute Gasteiger partial charge is 0.186 e. The Hall–Kier alpha value is -0.800. The molecule has 5 rings (SSSR count). The van der Waals surface area contributed by atoms with E-state index in [1.807, 2.05) is 0 Å². The van der Waals surface area contributed by atoms with Crippen LogP contribution in [0.1, 0.15) is 79.6 Å². The Balaban J connectivity index is 1.49. The average Bonchev–Trinajstić information content (AvgIpc) is 3.10. The lowest BCUT2D eigenvalue weighted by molar-refractivity contribution is -0.296. The molecule has 1 aliphatic heterocycles. The molecule has 7 nitrogen and oxygen atoms in total. The molecule has 4 fully saturated rings. The highest BCUT2D eigenvalue weighted by atomic mass is 16.7. The number of aliphatic hydroxyl groups is 5. The molecule has 5 aliphatic rings. The van der Waals surface area contributed by atoms with Gasteiger partial charge in [0.15, 0.2) is 6.29 Å². The van der Waals surface area contributed by atoms with Crippen LogP contribution in [-0.4, -0.2) is 75.1 Å². The van der Waals surface area contributed by atoms with Crippen molar-refractivity contribution in [2.24, 2.45) is 46.3 Å². The highest BCUT2D eigenvalue weighted by Gasteiger charge is 2.66. The summed E-state index contributed by atoms with van der Waals surface area (Å²) in [4.78, 5) is 0. The zero-order valence-corrected chi connectivity index (χ0v) is 24.4. The maximum Gasteiger partial charge on any atom is 0.186 e. The summed E-state index contributed by atoms with van der Waals surface area (Å²) in [5, 5.41) is 53.5. The second-order valence-electron chi connectivity index (χ2n) is 14.4. The molecule has 1 saturated heterocycles. The molecule has 222 valence electrons. The topological polar surface area (TPSA) is 120 Å². The van der Waals surface area contributed by atoms with Crippen LogP contribution in [0, 0.1) is 46.3 Å². The van der Waals surface area contributed by atoms with Gasteiger partial charge in [-0.1, -0.05) is 58.4 Å². The van der Waals surface area contributed by atoms with E-state index in [1.165, 1.54) is 5.57 Å². The first-order valence-corrected chi connectivity index (χ1v) is 15.4. The van der Waals surface area contributed by atoms with E-state index < -0.39 is 36.8 Å². The van der Waals surface area contributed by atoms with Crippen LogP contribution in [0.4, 0.5) is 0 Å². The lowest BCUT2D eigenvalue weighted by Crippen LogP contribution is -2.57. The third-order valence-corrected chi connectivity index (χ3v) is 11.6. The number of allylic oxidation sites excluding steroid dienone is 3. The van der Waals surface area contributed by atoms with Crippen molar-refractivity contribution >= 4 is 0 Å². The Morgan fingerprint density at radius 3 is 2.49 bits per heavy atom. The van der Waals surface area contributed by atoms with Crippen LogP contribution in [0.2, 0.25) is 0 Å². The lowest BCUT2D eigenvalue weighted by Gasteiger charge is -2.58. The summed E-state index contributed by atoms with van der Waals surface area (Å²) in [6, 6.07) is 0. The van der Waals surface area contributed by atoms with Gasteiger partial charge in [0.1, 0.15) is 18.3 Å². The highest BCUT2D eigenvalue weighted by Crippen LogP contribution is 2.67. The van der Waals surface area contributed by atoms with Crippen molar-refractivity contribution in [3.63, 3.8) is 0 Å². The van der Waals surface area contributed by atoms with Gasteiger partial charge in [-0.3, -0.25) is 0 Å². The van der Waals surface area contributed by atoms with Gasteiger partial charge in [0.05, 0.1) is 24.9 Å². The molecule has 0 aromatic carbocycles. The summed E-state index contributed by atoms with van der Waals surface area (Å²) < 4.78 is 12.2. The van der Waals surface area contributed by atoms with E-state index in [0.717, 1.165) is 44.9 Å². The van der Waals surface area contributed by atoms with E-state index in [4.69, 9.17) is 9.47 Å². The predicted molar refractivity (Wildman–Crippen MR) is 148 cm³/mol. The van der Waals surface area contributed by atoms with Crippen LogP contribution in [0.15, 0.2) is 23.8 Å². The zero-order valence-electron chi connectivity index (χ0n) is 24.4. The van der Waals surface area contributed by atoms with Crippen molar-refractivity contribution in [2.45, 2.75) is 122 Å². The molecule has 0 radical (unpaired) electrons. The summed E-state index contributed by atoms with van der Waals surface area (Å²) in [6.45, 7) is 11.2. The molecule has 7 heteroatoms. The Morgan fingerprint density at radius 1 is 1.03 bits per heavy atom. The quantitative estimate of drug-likeness (QED) is 0.322. The summed E-state index contributed by atoms with van der Waals surface area (Å²) in [6.07, 6.45) is 6.85. The first-order chi connectivity index (χ1) is 18.4. The van der Waals surface area contributed by atoms with Gasteiger partial charge < -0.3 is 35.0 Å². The van der Waals surface area contributed by atoms with Crippen molar-refractivity contribution in [1.82, 2.24) is 0 Å². The largest absolute Gasteiger partial charge is 0.393 e. The van der Waals surface area contributed by atoms with E-state index >= 15 is 0 Å². The first-order valence-electron chi connectivity index (χ1n) is 15.4. The molecular formula is C32H52O7. The summed E-state index contributed by atoms with van der Waals surface area (Å²) >= 11 is 0. The maximum atomic E-state index is 12.0. The Kier molecular flexibility index (Phi) is 8.47. The van der Waals surface area contributed by atoms with Crippen LogP contribution in [0.25, 0.3) is 0 Å². The second-order valence-corrected chi connectivity index (χ2v) is 14.4. The SMILES string of the molecule is CC(C)C/C=C/[C@@H](C)[C@H]1[C@@H](O)[C@@H](O[C@@H]2OC[C@@H](O)[C@H](O)[C@H]2O)[C@H]2[C@@H]3CC=C4C[C@@H](O)CC[C@]4(C)[C@H]3CC[C@@]21C. The second kappa shape index (κ2) is 11.1. The zero-order chi connectivity index (χ0) is 28.3. The van der Waals surface area contributed by atoms with Crippen molar-refractivity contribution < 1.29 is 35.0 Å². The molecule has 0 amide bonds. The number of rotatable bonds is 6. The Bertz CT molecular complexity index is 933. The fourth-order valence-electron chi connectivity index (χ4n) is 9.55. The number of hydrogen-bond acceptors (Lipinski definition) is 7. The van der Waals surface area contributed by atoms with Crippen molar-refractivity contribution in [2.75, 3.05) is 6.61 Å². The van der Waals surface area contributed by atoms with Crippen LogP contribution < -0.4 is 0 Å². The first kappa shape index (κ1) is 29.7. The monoisotopic (exact) mass is 548 g/mol. The molecule has 1 heterocycles. The van der Waals surface area contributed by atoms with Gasteiger partial charge in [-0.2, -0.15) is 0 Å². The third kappa shape index (κ3) is 5.09. The van der Waals surface area contributed by atoms with Gasteiger partial charge in [-0.05, 0) is 91.3 Å².